The van der Waals surface area contributed by atoms with Crippen molar-refractivity contribution in [1.29, 1.82) is 0 Å². The zero-order chi connectivity index (χ0) is 8.78. The third-order valence-electron chi connectivity index (χ3n) is 0.134. The predicted molar refractivity (Wildman–Crippen MR) is 42.2 cm³/mol. The normalized spacial score (nSPS) is 10.6. The highest BCUT2D eigenvalue weighted by Crippen LogP contribution is 1.85. The minimum atomic E-state index is -4.00. The Hall–Kier alpha value is 0.350. The van der Waals surface area contributed by atoms with Gasteiger partial charge in [-0.15, -0.1) is 0 Å². The second-order valence-electron chi connectivity index (χ2n) is 2.17. The molecule has 0 heterocycles. The lowest BCUT2D eigenvalue weighted by Gasteiger charge is -1.96. The van der Waals surface area contributed by atoms with Crippen molar-refractivity contribution in [2.24, 2.45) is 0 Å². The fourth-order valence-electron chi connectivity index (χ4n) is 0. The summed E-state index contributed by atoms with van der Waals surface area (Å²) in [5, 5.41) is 0. The van der Waals surface area contributed by atoms with Crippen LogP contribution >= 0.6 is 15.9 Å². The highest BCUT2D eigenvalue weighted by molar-refractivity contribution is 9.10. The summed E-state index contributed by atoms with van der Waals surface area (Å²) in [6.07, 6.45) is 0. The van der Waals surface area contributed by atoms with Crippen molar-refractivity contribution in [3.05, 3.63) is 0 Å². The number of nitrogens with one attached hydrogen (secondary N) is 1. The van der Waals surface area contributed by atoms with E-state index < -0.39 is 14.8 Å². The Morgan fingerprint density at radius 1 is 1.40 bits per heavy atom. The summed E-state index contributed by atoms with van der Waals surface area (Å²) in [4.78, 5) is 1.42. The Kier molecular flexibility index (Phi) is 7.90. The van der Waals surface area contributed by atoms with Crippen molar-refractivity contribution in [3.63, 3.8) is 0 Å². The van der Waals surface area contributed by atoms with Crippen LogP contribution in [-0.4, -0.2) is 38.8 Å². The van der Waals surface area contributed by atoms with Crippen molar-refractivity contribution < 1.29 is 17.9 Å². The molecular formula is C4H12BrNO3S. The second-order valence-corrected chi connectivity index (χ2v) is 4.87. The fourth-order valence-corrected chi connectivity index (χ4v) is 0. The Morgan fingerprint density at radius 2 is 1.50 bits per heavy atom. The molecule has 0 rings (SSSR count). The summed E-state index contributed by atoms with van der Waals surface area (Å²) in [6.45, 7) is 0. The largest absolute Gasteiger partial charge is 0.747 e. The van der Waals surface area contributed by atoms with Gasteiger partial charge in [0.2, 0.25) is 0 Å². The summed E-state index contributed by atoms with van der Waals surface area (Å²) in [6, 6.07) is 0. The quantitative estimate of drug-likeness (QED) is 0.450. The number of hydrogen-bond acceptors (Lipinski definition) is 3. The first-order chi connectivity index (χ1) is 4.29. The van der Waals surface area contributed by atoms with Gasteiger partial charge in [-0.2, -0.15) is 0 Å². The second kappa shape index (κ2) is 6.09. The zero-order valence-corrected chi connectivity index (χ0v) is 8.62. The SMILES string of the molecule is C[NH+](C)C.O=S(=O)([O-])CBr. The van der Waals surface area contributed by atoms with Crippen LogP contribution in [0, 0.1) is 0 Å². The van der Waals surface area contributed by atoms with Crippen LogP contribution in [0.1, 0.15) is 0 Å². The van der Waals surface area contributed by atoms with E-state index in [2.05, 4.69) is 37.1 Å². The molecule has 0 bridgehead atoms. The molecular weight excluding hydrogens is 222 g/mol. The molecule has 0 spiro atoms. The lowest BCUT2D eigenvalue weighted by Crippen LogP contribution is -3.02. The van der Waals surface area contributed by atoms with Crippen LogP contribution in [0.2, 0.25) is 0 Å². The van der Waals surface area contributed by atoms with Gasteiger partial charge < -0.3 is 9.45 Å². The molecule has 1 N–H and O–H groups in total. The van der Waals surface area contributed by atoms with Crippen molar-refractivity contribution >= 4 is 26.0 Å². The lowest BCUT2D eigenvalue weighted by atomic mass is 11.0. The van der Waals surface area contributed by atoms with Crippen molar-refractivity contribution in [2.75, 3.05) is 25.8 Å². The molecule has 0 unspecified atom stereocenters. The van der Waals surface area contributed by atoms with Gasteiger partial charge in [-0.1, -0.05) is 15.9 Å². The third kappa shape index (κ3) is 40.2. The Labute approximate surface area is 70.1 Å². The van der Waals surface area contributed by atoms with Gasteiger partial charge in [0.15, 0.2) is 0 Å². The molecule has 64 valence electrons. The molecule has 4 nitrogen and oxygen atoms in total. The van der Waals surface area contributed by atoms with E-state index in [0.29, 0.717) is 0 Å². The number of quaternary nitrogens is 1. The van der Waals surface area contributed by atoms with Gasteiger partial charge in [0, 0.05) is 0 Å². The van der Waals surface area contributed by atoms with Gasteiger partial charge in [0.1, 0.15) is 10.1 Å². The summed E-state index contributed by atoms with van der Waals surface area (Å²) in [7, 11) is 2.25. The molecule has 0 aliphatic heterocycles. The molecule has 6 heteroatoms. The van der Waals surface area contributed by atoms with E-state index >= 15 is 0 Å². The van der Waals surface area contributed by atoms with E-state index in [0.717, 1.165) is 0 Å². The van der Waals surface area contributed by atoms with Gasteiger partial charge in [-0.25, -0.2) is 8.42 Å². The summed E-state index contributed by atoms with van der Waals surface area (Å²) < 4.78 is 27.7. The Balaban J connectivity index is 0. The van der Waals surface area contributed by atoms with Crippen LogP contribution in [0.4, 0.5) is 0 Å². The smallest absolute Gasteiger partial charge is 0.105 e. The maximum atomic E-state index is 9.40. The van der Waals surface area contributed by atoms with Crippen molar-refractivity contribution in [1.82, 2.24) is 0 Å². The summed E-state index contributed by atoms with van der Waals surface area (Å²) in [5.74, 6) is 0. The molecule has 0 amide bonds. The van der Waals surface area contributed by atoms with E-state index in [9.17, 15) is 13.0 Å². The number of hydrogen-bond donors (Lipinski definition) is 1. The standard InChI is InChI=1S/C3H9N.CH3BrO3S/c1-4(2)3;2-1-6(3,4)5/h1-3H3;1H2,(H,3,4,5). The first-order valence-corrected chi connectivity index (χ1v) is 5.25. The highest BCUT2D eigenvalue weighted by Gasteiger charge is 1.82. The molecule has 0 radical (unpaired) electrons. The first kappa shape index (κ1) is 13.0. The predicted octanol–water partition coefficient (Wildman–Crippen LogP) is -1.36. The Bertz CT molecular complexity index is 151. The molecule has 0 aromatic rings. The number of alkyl halides is 1. The topological polar surface area (TPSA) is 61.6 Å². The molecule has 0 aromatic heterocycles. The minimum absolute atomic E-state index is 0.500. The van der Waals surface area contributed by atoms with Gasteiger partial charge in [-0.3, -0.25) is 0 Å². The van der Waals surface area contributed by atoms with Crippen LogP contribution in [0.25, 0.3) is 0 Å². The maximum absolute atomic E-state index is 9.40. The zero-order valence-electron chi connectivity index (χ0n) is 6.22. The van der Waals surface area contributed by atoms with E-state index in [1.807, 2.05) is 0 Å². The third-order valence-corrected chi connectivity index (χ3v) is 2.08. The van der Waals surface area contributed by atoms with Crippen LogP contribution in [0.3, 0.4) is 0 Å². The van der Waals surface area contributed by atoms with Gasteiger partial charge in [0.05, 0.1) is 25.8 Å². The van der Waals surface area contributed by atoms with Crippen LogP contribution < -0.4 is 4.90 Å². The average Bonchev–Trinajstić information content (AvgIpc) is 1.63. The fraction of sp³-hybridized carbons (Fsp3) is 1.00. The monoisotopic (exact) mass is 233 g/mol. The molecule has 0 saturated carbocycles. The summed E-state index contributed by atoms with van der Waals surface area (Å²) in [5.41, 5.74) is 0. The van der Waals surface area contributed by atoms with E-state index in [1.54, 1.807) is 0 Å². The molecule has 0 aliphatic rings. The molecule has 0 aromatic carbocycles. The maximum Gasteiger partial charge on any atom is 0.105 e. The number of rotatable bonds is 1. The first-order valence-electron chi connectivity index (χ1n) is 2.56. The van der Waals surface area contributed by atoms with Gasteiger partial charge >= 0.3 is 0 Å². The molecule has 0 saturated heterocycles. The summed E-state index contributed by atoms with van der Waals surface area (Å²) >= 11 is 2.47. The number of halogens is 1. The van der Waals surface area contributed by atoms with Crippen LogP contribution in [0.5, 0.6) is 0 Å². The molecule has 10 heavy (non-hydrogen) atoms. The van der Waals surface area contributed by atoms with Crippen molar-refractivity contribution in [2.45, 2.75) is 0 Å². The molecule has 0 atom stereocenters. The van der Waals surface area contributed by atoms with Gasteiger partial charge in [-0.05, 0) is 0 Å². The van der Waals surface area contributed by atoms with E-state index in [-0.39, 0.29) is 0 Å². The highest BCUT2D eigenvalue weighted by atomic mass is 79.9. The molecule has 0 fully saturated rings. The van der Waals surface area contributed by atoms with Crippen LogP contribution in [0.15, 0.2) is 0 Å². The van der Waals surface area contributed by atoms with E-state index in [4.69, 9.17) is 0 Å². The molecule has 0 aliphatic carbocycles. The minimum Gasteiger partial charge on any atom is -0.747 e. The van der Waals surface area contributed by atoms with Crippen LogP contribution in [-0.2, 0) is 10.1 Å². The lowest BCUT2D eigenvalue weighted by molar-refractivity contribution is -0.836. The van der Waals surface area contributed by atoms with Gasteiger partial charge in [0.25, 0.3) is 0 Å². The average molecular weight is 234 g/mol. The Morgan fingerprint density at radius 3 is 1.50 bits per heavy atom. The van der Waals surface area contributed by atoms with Crippen molar-refractivity contribution in [3.8, 4) is 0 Å². The van der Waals surface area contributed by atoms with E-state index in [1.165, 1.54) is 4.90 Å².